The SMILES string of the molecule is CN(C)S(=O)(=O)N1CCN(c2ccc(-n3cccc3)nn2)CC1. The Morgan fingerprint density at radius 1 is 0.957 bits per heavy atom. The number of hydrogen-bond donors (Lipinski definition) is 0. The summed E-state index contributed by atoms with van der Waals surface area (Å²) in [6, 6.07) is 7.68. The number of nitrogens with zero attached hydrogens (tertiary/aromatic N) is 6. The molecule has 1 saturated heterocycles. The average molecular weight is 336 g/mol. The van der Waals surface area contributed by atoms with E-state index in [4.69, 9.17) is 0 Å². The number of aromatic nitrogens is 3. The Balaban J connectivity index is 1.66. The maximum Gasteiger partial charge on any atom is 0.281 e. The van der Waals surface area contributed by atoms with Crippen molar-refractivity contribution in [2.75, 3.05) is 45.2 Å². The summed E-state index contributed by atoms with van der Waals surface area (Å²) in [5.41, 5.74) is 0. The van der Waals surface area contributed by atoms with E-state index in [-0.39, 0.29) is 0 Å². The van der Waals surface area contributed by atoms with Gasteiger partial charge in [-0.25, -0.2) is 0 Å². The Kier molecular flexibility index (Phi) is 4.33. The summed E-state index contributed by atoms with van der Waals surface area (Å²) in [6.45, 7) is 2.10. The van der Waals surface area contributed by atoms with Crippen LogP contribution >= 0.6 is 0 Å². The molecule has 0 aromatic carbocycles. The standard InChI is InChI=1S/C14H20N6O2S/c1-17(2)23(21,22)20-11-9-19(10-12-20)14-6-5-13(15-16-14)18-7-3-4-8-18/h3-8H,9-12H2,1-2H3. The highest BCUT2D eigenvalue weighted by atomic mass is 32.2. The molecule has 3 heterocycles. The Bertz CT molecular complexity index is 734. The zero-order valence-corrected chi connectivity index (χ0v) is 14.0. The van der Waals surface area contributed by atoms with Gasteiger partial charge in [0.15, 0.2) is 11.6 Å². The first-order chi connectivity index (χ1) is 11.0. The zero-order chi connectivity index (χ0) is 16.4. The van der Waals surface area contributed by atoms with Crippen LogP contribution in [-0.2, 0) is 10.2 Å². The molecular weight excluding hydrogens is 316 g/mol. The molecule has 2 aromatic rings. The van der Waals surface area contributed by atoms with Crippen LogP contribution < -0.4 is 4.90 Å². The predicted octanol–water partition coefficient (Wildman–Crippen LogP) is 0.196. The second kappa shape index (κ2) is 6.26. The summed E-state index contributed by atoms with van der Waals surface area (Å²) in [5.74, 6) is 1.52. The van der Waals surface area contributed by atoms with E-state index < -0.39 is 10.2 Å². The van der Waals surface area contributed by atoms with Gasteiger partial charge in [-0.2, -0.15) is 17.0 Å². The van der Waals surface area contributed by atoms with Crippen LogP contribution in [0.3, 0.4) is 0 Å². The molecule has 0 saturated carbocycles. The van der Waals surface area contributed by atoms with Crippen molar-refractivity contribution in [2.24, 2.45) is 0 Å². The lowest BCUT2D eigenvalue weighted by Crippen LogP contribution is -2.51. The fraction of sp³-hybridized carbons (Fsp3) is 0.429. The van der Waals surface area contributed by atoms with Crippen LogP contribution in [0.4, 0.5) is 5.82 Å². The van der Waals surface area contributed by atoms with E-state index in [2.05, 4.69) is 10.2 Å². The molecule has 0 aliphatic carbocycles. The van der Waals surface area contributed by atoms with Gasteiger partial charge in [0.25, 0.3) is 10.2 Å². The lowest BCUT2D eigenvalue weighted by Gasteiger charge is -2.35. The van der Waals surface area contributed by atoms with E-state index in [1.165, 1.54) is 8.61 Å². The van der Waals surface area contributed by atoms with Gasteiger partial charge in [-0.3, -0.25) is 0 Å². The van der Waals surface area contributed by atoms with Crippen LogP contribution in [0.5, 0.6) is 0 Å². The van der Waals surface area contributed by atoms with Gasteiger partial charge >= 0.3 is 0 Å². The first kappa shape index (κ1) is 15.9. The highest BCUT2D eigenvalue weighted by Gasteiger charge is 2.28. The number of piperazine rings is 1. The normalized spacial score (nSPS) is 16.9. The quantitative estimate of drug-likeness (QED) is 0.797. The van der Waals surface area contributed by atoms with Crippen molar-refractivity contribution in [1.82, 2.24) is 23.4 Å². The molecule has 0 bridgehead atoms. The molecule has 3 rings (SSSR count). The number of anilines is 1. The Morgan fingerprint density at radius 3 is 2.04 bits per heavy atom. The highest BCUT2D eigenvalue weighted by molar-refractivity contribution is 7.86. The molecule has 1 aliphatic rings. The third kappa shape index (κ3) is 3.21. The second-order valence-electron chi connectivity index (χ2n) is 5.52. The Morgan fingerprint density at radius 2 is 1.52 bits per heavy atom. The topological polar surface area (TPSA) is 74.6 Å². The van der Waals surface area contributed by atoms with Crippen molar-refractivity contribution in [1.29, 1.82) is 0 Å². The molecule has 9 heteroatoms. The van der Waals surface area contributed by atoms with Crippen LogP contribution in [0.1, 0.15) is 0 Å². The largest absolute Gasteiger partial charge is 0.352 e. The monoisotopic (exact) mass is 336 g/mol. The van der Waals surface area contributed by atoms with E-state index in [1.807, 2.05) is 46.1 Å². The van der Waals surface area contributed by atoms with Gasteiger partial charge in [0.2, 0.25) is 0 Å². The van der Waals surface area contributed by atoms with E-state index in [9.17, 15) is 8.42 Å². The molecule has 1 aliphatic heterocycles. The van der Waals surface area contributed by atoms with Gasteiger partial charge in [-0.05, 0) is 24.3 Å². The Hall–Kier alpha value is -1.97. The van der Waals surface area contributed by atoms with Crippen LogP contribution in [0.2, 0.25) is 0 Å². The zero-order valence-electron chi connectivity index (χ0n) is 13.2. The summed E-state index contributed by atoms with van der Waals surface area (Å²) in [4.78, 5) is 2.05. The minimum absolute atomic E-state index is 0.446. The van der Waals surface area contributed by atoms with Crippen molar-refractivity contribution >= 4 is 16.0 Å². The highest BCUT2D eigenvalue weighted by Crippen LogP contribution is 2.16. The van der Waals surface area contributed by atoms with Crippen molar-refractivity contribution in [3.05, 3.63) is 36.7 Å². The predicted molar refractivity (Wildman–Crippen MR) is 87.8 cm³/mol. The number of hydrogen-bond acceptors (Lipinski definition) is 5. The van der Waals surface area contributed by atoms with E-state index in [1.54, 1.807) is 14.1 Å². The molecule has 0 atom stereocenters. The first-order valence-electron chi connectivity index (χ1n) is 7.38. The summed E-state index contributed by atoms with van der Waals surface area (Å²) >= 11 is 0. The molecule has 0 N–H and O–H groups in total. The summed E-state index contributed by atoms with van der Waals surface area (Å²) in [5, 5.41) is 8.48. The molecular formula is C14H20N6O2S. The summed E-state index contributed by atoms with van der Waals surface area (Å²) in [7, 11) is -0.244. The smallest absolute Gasteiger partial charge is 0.281 e. The third-order valence-electron chi connectivity index (χ3n) is 3.86. The lowest BCUT2D eigenvalue weighted by atomic mass is 10.3. The fourth-order valence-corrected chi connectivity index (χ4v) is 3.58. The van der Waals surface area contributed by atoms with Gasteiger partial charge in [0.1, 0.15) is 0 Å². The molecule has 124 valence electrons. The van der Waals surface area contributed by atoms with Crippen molar-refractivity contribution in [2.45, 2.75) is 0 Å². The molecule has 8 nitrogen and oxygen atoms in total. The third-order valence-corrected chi connectivity index (χ3v) is 5.80. The molecule has 0 spiro atoms. The van der Waals surface area contributed by atoms with Gasteiger partial charge < -0.3 is 9.47 Å². The van der Waals surface area contributed by atoms with E-state index >= 15 is 0 Å². The van der Waals surface area contributed by atoms with Crippen LogP contribution in [0.25, 0.3) is 5.82 Å². The van der Waals surface area contributed by atoms with Gasteiger partial charge in [0.05, 0.1) is 0 Å². The minimum atomic E-state index is -3.34. The van der Waals surface area contributed by atoms with Crippen molar-refractivity contribution in [3.63, 3.8) is 0 Å². The molecule has 23 heavy (non-hydrogen) atoms. The van der Waals surface area contributed by atoms with Gasteiger partial charge in [0, 0.05) is 52.7 Å². The van der Waals surface area contributed by atoms with Crippen LogP contribution in [0, 0.1) is 0 Å². The van der Waals surface area contributed by atoms with Crippen LogP contribution in [-0.4, -0.2) is 72.1 Å². The van der Waals surface area contributed by atoms with Crippen molar-refractivity contribution in [3.8, 4) is 5.82 Å². The fourth-order valence-electron chi connectivity index (χ4n) is 2.49. The lowest BCUT2D eigenvalue weighted by molar-refractivity contribution is 0.354. The second-order valence-corrected chi connectivity index (χ2v) is 7.66. The van der Waals surface area contributed by atoms with Gasteiger partial charge in [-0.1, -0.05) is 0 Å². The number of rotatable bonds is 4. The van der Waals surface area contributed by atoms with E-state index in [0.29, 0.717) is 26.2 Å². The minimum Gasteiger partial charge on any atom is -0.352 e. The van der Waals surface area contributed by atoms with E-state index in [0.717, 1.165) is 11.6 Å². The average Bonchev–Trinajstić information content (AvgIpc) is 3.09. The molecule has 2 aromatic heterocycles. The Labute approximate surface area is 136 Å². The maximum atomic E-state index is 12.1. The molecule has 0 unspecified atom stereocenters. The molecule has 0 radical (unpaired) electrons. The summed E-state index contributed by atoms with van der Waals surface area (Å²) in [6.07, 6.45) is 3.82. The summed E-state index contributed by atoms with van der Waals surface area (Å²) < 4.78 is 28.8. The van der Waals surface area contributed by atoms with Crippen LogP contribution in [0.15, 0.2) is 36.7 Å². The van der Waals surface area contributed by atoms with Gasteiger partial charge in [-0.15, -0.1) is 10.2 Å². The van der Waals surface area contributed by atoms with Crippen molar-refractivity contribution < 1.29 is 8.42 Å². The molecule has 0 amide bonds. The first-order valence-corrected chi connectivity index (χ1v) is 8.78. The molecule has 1 fully saturated rings. The maximum absolute atomic E-state index is 12.1.